The fourth-order valence-electron chi connectivity index (χ4n) is 1.93. The van der Waals surface area contributed by atoms with Crippen LogP contribution in [0.5, 0.6) is 17.2 Å². The largest absolute Gasteiger partial charge is 0.496 e. The molecule has 1 fully saturated rings. The van der Waals surface area contributed by atoms with Crippen molar-refractivity contribution < 1.29 is 23.7 Å². The van der Waals surface area contributed by atoms with Crippen LogP contribution in [0.1, 0.15) is 11.7 Å². The van der Waals surface area contributed by atoms with Gasteiger partial charge in [-0.3, -0.25) is 0 Å². The highest BCUT2D eigenvalue weighted by Crippen LogP contribution is 2.41. The Morgan fingerprint density at radius 2 is 2.12 bits per heavy atom. The number of rotatable bonds is 2. The molecule has 90 valence electrons. The fraction of sp³-hybridized carbons (Fsp3) is 0.364. The molecule has 0 bridgehead atoms. The third-order valence-corrected chi connectivity index (χ3v) is 2.75. The van der Waals surface area contributed by atoms with Gasteiger partial charge in [0.05, 0.1) is 13.7 Å². The molecule has 2 aliphatic heterocycles. The number of amides is 1. The minimum absolute atomic E-state index is 0.199. The number of alkyl carbamates (subject to hydrolysis) is 1. The quantitative estimate of drug-likeness (QED) is 0.837. The molecule has 3 rings (SSSR count). The number of methoxy groups -OCH3 is 1. The summed E-state index contributed by atoms with van der Waals surface area (Å²) in [5, 5.41) is 2.60. The molecule has 1 aromatic rings. The second kappa shape index (κ2) is 3.73. The first-order valence-corrected chi connectivity index (χ1v) is 5.20. The number of cyclic esters (lactones) is 1. The molecule has 2 aliphatic rings. The topological polar surface area (TPSA) is 66.0 Å². The summed E-state index contributed by atoms with van der Waals surface area (Å²) < 4.78 is 20.9. The predicted octanol–water partition coefficient (Wildman–Crippen LogP) is 1.20. The summed E-state index contributed by atoms with van der Waals surface area (Å²) in [4.78, 5) is 11.0. The van der Waals surface area contributed by atoms with Gasteiger partial charge in [0.1, 0.15) is 11.9 Å². The van der Waals surface area contributed by atoms with Crippen LogP contribution in [0.2, 0.25) is 0 Å². The summed E-state index contributed by atoms with van der Waals surface area (Å²) in [6.45, 7) is 0.624. The molecule has 1 amide bonds. The lowest BCUT2D eigenvalue weighted by molar-refractivity contribution is 0.139. The van der Waals surface area contributed by atoms with E-state index in [2.05, 4.69) is 5.32 Å². The van der Waals surface area contributed by atoms with Gasteiger partial charge < -0.3 is 24.3 Å². The van der Waals surface area contributed by atoms with Crippen LogP contribution in [0, 0.1) is 0 Å². The minimum Gasteiger partial charge on any atom is -0.496 e. The van der Waals surface area contributed by atoms with Crippen LogP contribution in [-0.2, 0) is 4.74 Å². The van der Waals surface area contributed by atoms with Crippen LogP contribution in [0.25, 0.3) is 0 Å². The predicted molar refractivity (Wildman–Crippen MR) is 56.3 cm³/mol. The van der Waals surface area contributed by atoms with E-state index < -0.39 is 6.09 Å². The maximum Gasteiger partial charge on any atom is 0.407 e. The number of ether oxygens (including phenoxy) is 4. The molecule has 2 heterocycles. The normalized spacial score (nSPS) is 21.0. The highest BCUT2D eigenvalue weighted by atomic mass is 16.7. The van der Waals surface area contributed by atoms with Crippen LogP contribution in [0.4, 0.5) is 4.79 Å². The zero-order valence-electron chi connectivity index (χ0n) is 9.19. The van der Waals surface area contributed by atoms with E-state index in [1.165, 1.54) is 0 Å². The zero-order valence-corrected chi connectivity index (χ0v) is 9.19. The lowest BCUT2D eigenvalue weighted by Crippen LogP contribution is -2.12. The van der Waals surface area contributed by atoms with Crippen molar-refractivity contribution in [2.24, 2.45) is 0 Å². The highest BCUT2D eigenvalue weighted by Gasteiger charge is 2.29. The van der Waals surface area contributed by atoms with E-state index in [1.54, 1.807) is 19.2 Å². The van der Waals surface area contributed by atoms with Crippen LogP contribution < -0.4 is 19.5 Å². The number of hydrogen-bond acceptors (Lipinski definition) is 5. The highest BCUT2D eigenvalue weighted by molar-refractivity contribution is 5.70. The summed E-state index contributed by atoms with van der Waals surface area (Å²) in [6.07, 6.45) is -0.776. The Balaban J connectivity index is 2.00. The van der Waals surface area contributed by atoms with Crippen LogP contribution >= 0.6 is 0 Å². The molecule has 1 unspecified atom stereocenters. The Bertz CT molecular complexity index is 473. The van der Waals surface area contributed by atoms with Gasteiger partial charge in [-0.05, 0) is 6.07 Å². The molecule has 0 aromatic heterocycles. The van der Waals surface area contributed by atoms with Crippen molar-refractivity contribution in [1.82, 2.24) is 5.32 Å². The molecule has 0 aliphatic carbocycles. The molecule has 6 heteroatoms. The molecule has 0 saturated carbocycles. The van der Waals surface area contributed by atoms with Gasteiger partial charge in [-0.2, -0.15) is 0 Å². The molecular weight excluding hydrogens is 226 g/mol. The van der Waals surface area contributed by atoms with Gasteiger partial charge in [0.15, 0.2) is 11.5 Å². The molecule has 6 nitrogen and oxygen atoms in total. The SMILES string of the molecule is COc1cc2c(cc1C1CNC(=O)O1)OCO2. The standard InChI is InChI=1S/C11H11NO5/c1-14-7-3-9-8(15-5-16-9)2-6(7)10-4-12-11(13)17-10/h2-3,10H,4-5H2,1H3,(H,12,13). The lowest BCUT2D eigenvalue weighted by atomic mass is 10.1. The van der Waals surface area contributed by atoms with Crippen molar-refractivity contribution in [3.8, 4) is 17.2 Å². The Morgan fingerprint density at radius 1 is 1.35 bits per heavy atom. The van der Waals surface area contributed by atoms with E-state index in [1.807, 2.05) is 0 Å². The molecular formula is C11H11NO5. The second-order valence-electron chi connectivity index (χ2n) is 3.72. The van der Waals surface area contributed by atoms with Gasteiger partial charge in [-0.25, -0.2) is 4.79 Å². The molecule has 1 saturated heterocycles. The number of carbonyl (C=O) groups is 1. The maximum absolute atomic E-state index is 11.0. The first-order valence-electron chi connectivity index (χ1n) is 5.20. The fourth-order valence-corrected chi connectivity index (χ4v) is 1.93. The van der Waals surface area contributed by atoms with E-state index in [0.717, 1.165) is 5.56 Å². The van der Waals surface area contributed by atoms with Gasteiger partial charge in [-0.1, -0.05) is 0 Å². The first kappa shape index (κ1) is 10.1. The van der Waals surface area contributed by atoms with E-state index in [9.17, 15) is 4.79 Å². The third kappa shape index (κ3) is 1.61. The number of benzene rings is 1. The van der Waals surface area contributed by atoms with Crippen LogP contribution in [-0.4, -0.2) is 26.5 Å². The zero-order chi connectivity index (χ0) is 11.8. The Morgan fingerprint density at radius 3 is 2.76 bits per heavy atom. The molecule has 1 atom stereocenters. The first-order chi connectivity index (χ1) is 8.28. The van der Waals surface area contributed by atoms with E-state index >= 15 is 0 Å². The van der Waals surface area contributed by atoms with Gasteiger partial charge in [0.2, 0.25) is 6.79 Å². The van der Waals surface area contributed by atoms with Gasteiger partial charge in [-0.15, -0.1) is 0 Å². The van der Waals surface area contributed by atoms with Crippen molar-refractivity contribution in [2.45, 2.75) is 6.10 Å². The number of nitrogens with one attached hydrogen (secondary N) is 1. The summed E-state index contributed by atoms with van der Waals surface area (Å²) in [5.74, 6) is 1.90. The monoisotopic (exact) mass is 237 g/mol. The summed E-state index contributed by atoms with van der Waals surface area (Å²) in [7, 11) is 1.56. The molecule has 1 N–H and O–H groups in total. The average molecular weight is 237 g/mol. The van der Waals surface area contributed by atoms with Gasteiger partial charge in [0.25, 0.3) is 0 Å². The summed E-state index contributed by atoms with van der Waals surface area (Å²) >= 11 is 0. The molecule has 1 aromatic carbocycles. The molecule has 17 heavy (non-hydrogen) atoms. The summed E-state index contributed by atoms with van der Waals surface area (Å²) in [5.41, 5.74) is 0.773. The van der Waals surface area contributed by atoms with E-state index in [4.69, 9.17) is 18.9 Å². The number of fused-ring (bicyclic) bond motifs is 1. The average Bonchev–Trinajstić information content (AvgIpc) is 2.94. The number of carbonyl (C=O) groups excluding carboxylic acids is 1. The van der Waals surface area contributed by atoms with Gasteiger partial charge in [0, 0.05) is 11.6 Å². The maximum atomic E-state index is 11.0. The second-order valence-corrected chi connectivity index (χ2v) is 3.72. The lowest BCUT2D eigenvalue weighted by Gasteiger charge is -2.13. The van der Waals surface area contributed by atoms with Crippen molar-refractivity contribution in [2.75, 3.05) is 20.4 Å². The van der Waals surface area contributed by atoms with Crippen LogP contribution in [0.3, 0.4) is 0 Å². The molecule has 0 radical (unpaired) electrons. The van der Waals surface area contributed by atoms with Crippen molar-refractivity contribution in [3.63, 3.8) is 0 Å². The number of hydrogen-bond donors (Lipinski definition) is 1. The third-order valence-electron chi connectivity index (χ3n) is 2.75. The van der Waals surface area contributed by atoms with Gasteiger partial charge >= 0.3 is 6.09 Å². The smallest absolute Gasteiger partial charge is 0.407 e. The Kier molecular flexibility index (Phi) is 2.21. The molecule has 0 spiro atoms. The van der Waals surface area contributed by atoms with E-state index in [-0.39, 0.29) is 12.9 Å². The van der Waals surface area contributed by atoms with E-state index in [0.29, 0.717) is 23.8 Å². The Labute approximate surface area is 97.4 Å². The van der Waals surface area contributed by atoms with Crippen molar-refractivity contribution in [3.05, 3.63) is 17.7 Å². The van der Waals surface area contributed by atoms with Crippen molar-refractivity contribution in [1.29, 1.82) is 0 Å². The Hall–Kier alpha value is -2.11. The van der Waals surface area contributed by atoms with Crippen molar-refractivity contribution >= 4 is 6.09 Å². The van der Waals surface area contributed by atoms with Crippen LogP contribution in [0.15, 0.2) is 12.1 Å². The minimum atomic E-state index is -0.422. The summed E-state index contributed by atoms with van der Waals surface area (Å²) in [6, 6.07) is 3.52.